The van der Waals surface area contributed by atoms with Crippen molar-refractivity contribution < 1.29 is 168 Å². The fourth-order valence-electron chi connectivity index (χ4n) is 8.00. The number of phenolic OH excluding ortho intramolecular Hbond substituents is 19. The summed E-state index contributed by atoms with van der Waals surface area (Å²) in [4.78, 5) is 97.7. The summed E-state index contributed by atoms with van der Waals surface area (Å²) in [6.45, 7) is -1.50. The van der Waals surface area contributed by atoms with Crippen LogP contribution in [0, 0.1) is 0 Å². The lowest BCUT2D eigenvalue weighted by Crippen LogP contribution is -2.63. The molecule has 5 unspecified atom stereocenters. The summed E-state index contributed by atoms with van der Waals surface area (Å²) < 4.78 is 44.2. The molecule has 1 heterocycles. The molecule has 464 valence electrons. The lowest BCUT2D eigenvalue weighted by molar-refractivity contribution is -0.282. The first-order valence-electron chi connectivity index (χ1n) is 24.3. The van der Waals surface area contributed by atoms with Crippen LogP contribution in [0.5, 0.6) is 121 Å². The standard InChI is InChI=1S/C55H40O34/c56-23-1-16(2-24(57)38(23)68)49(76)83-35-13-22(14-36(44(35)74)84-50(77)17-3-25(58)39(69)26(59)4-17)48(75)82-15-37-45(86-51(78)18-5-27(60)40(70)28(61)6-18)46(87-52(79)19-7-29(62)41(71)30(63)8-19)47(88-53(80)20-9-31(64)42(72)32(65)10-20)55(85-37)89-54(81)21-11-33(66)43(73)34(67)12-21/h1-14,37,45-47,55-74H,15H2. The number of esters is 7. The third-order valence-electron chi connectivity index (χ3n) is 12.4. The average Bonchev–Trinajstić information content (AvgIpc) is 1.14. The molecule has 0 radical (unpaired) electrons. The number of rotatable bonds is 15. The van der Waals surface area contributed by atoms with Crippen LogP contribution in [0.25, 0.3) is 0 Å². The summed E-state index contributed by atoms with van der Waals surface area (Å²) in [5.74, 6) is -36.5. The van der Waals surface area contributed by atoms with Gasteiger partial charge in [0.05, 0.1) is 38.9 Å². The van der Waals surface area contributed by atoms with E-state index in [2.05, 4.69) is 0 Å². The van der Waals surface area contributed by atoms with E-state index < -0.39 is 239 Å². The highest BCUT2D eigenvalue weighted by Gasteiger charge is 2.55. The Morgan fingerprint density at radius 1 is 0.281 bits per heavy atom. The second-order valence-corrected chi connectivity index (χ2v) is 18.4. The van der Waals surface area contributed by atoms with Gasteiger partial charge in [-0.25, -0.2) is 33.6 Å². The number of aromatic hydroxyl groups is 19. The second kappa shape index (κ2) is 24.3. The van der Waals surface area contributed by atoms with Crippen molar-refractivity contribution in [2.75, 3.05) is 6.61 Å². The number of carbonyl (C=O) groups excluding carboxylic acids is 7. The predicted octanol–water partition coefficient (Wildman–Crippen LogP) is 2.95. The summed E-state index contributed by atoms with van der Waals surface area (Å²) >= 11 is 0. The van der Waals surface area contributed by atoms with Crippen LogP contribution in [0.1, 0.15) is 72.5 Å². The molecule has 1 saturated heterocycles. The normalized spacial score (nSPS) is 16.0. The average molecular weight is 1240 g/mol. The second-order valence-electron chi connectivity index (χ2n) is 18.4. The molecule has 5 atom stereocenters. The molecular formula is C55H40O34. The third kappa shape index (κ3) is 12.9. The molecule has 1 aliphatic heterocycles. The number of hydrogen-bond donors (Lipinski definition) is 19. The van der Waals surface area contributed by atoms with Crippen molar-refractivity contribution in [1.82, 2.24) is 0 Å². The quantitative estimate of drug-likeness (QED) is 0.0304. The molecule has 8 rings (SSSR count). The van der Waals surface area contributed by atoms with Gasteiger partial charge in [0.1, 0.15) is 12.7 Å². The highest BCUT2D eigenvalue weighted by Crippen LogP contribution is 2.44. The van der Waals surface area contributed by atoms with Gasteiger partial charge in [0.25, 0.3) is 0 Å². The minimum absolute atomic E-state index is 0.467. The minimum Gasteiger partial charge on any atom is -0.504 e. The van der Waals surface area contributed by atoms with Crippen LogP contribution in [0.4, 0.5) is 0 Å². The van der Waals surface area contributed by atoms with Crippen LogP contribution >= 0.6 is 0 Å². The maximum absolute atomic E-state index is 14.4. The van der Waals surface area contributed by atoms with Gasteiger partial charge in [0, 0.05) is 0 Å². The van der Waals surface area contributed by atoms with Crippen LogP contribution in [0.3, 0.4) is 0 Å². The van der Waals surface area contributed by atoms with Crippen molar-refractivity contribution in [1.29, 1.82) is 0 Å². The summed E-state index contributed by atoms with van der Waals surface area (Å²) in [6, 6.07) is 7.02. The minimum atomic E-state index is -2.74. The molecule has 1 fully saturated rings. The first-order valence-corrected chi connectivity index (χ1v) is 24.3. The monoisotopic (exact) mass is 1240 g/mol. The molecule has 7 aromatic rings. The Morgan fingerprint density at radius 2 is 0.517 bits per heavy atom. The molecule has 0 aliphatic carbocycles. The van der Waals surface area contributed by atoms with E-state index in [-0.39, 0.29) is 0 Å². The fourth-order valence-corrected chi connectivity index (χ4v) is 8.00. The molecule has 19 N–H and O–H groups in total. The van der Waals surface area contributed by atoms with Gasteiger partial charge in [0.15, 0.2) is 127 Å². The van der Waals surface area contributed by atoms with Gasteiger partial charge in [0.2, 0.25) is 18.1 Å². The highest BCUT2D eigenvalue weighted by atomic mass is 16.7. The molecule has 0 saturated carbocycles. The summed E-state index contributed by atoms with van der Waals surface area (Å²) in [5, 5.41) is 194. The number of phenols is 19. The van der Waals surface area contributed by atoms with Crippen molar-refractivity contribution in [3.05, 3.63) is 124 Å². The van der Waals surface area contributed by atoms with E-state index in [0.717, 1.165) is 0 Å². The summed E-state index contributed by atoms with van der Waals surface area (Å²) in [5.41, 5.74) is -6.12. The molecule has 1 aliphatic rings. The van der Waals surface area contributed by atoms with Crippen LogP contribution in [-0.2, 0) is 28.4 Å². The van der Waals surface area contributed by atoms with Crippen LogP contribution in [0.15, 0.2) is 84.9 Å². The largest absolute Gasteiger partial charge is 0.504 e. The van der Waals surface area contributed by atoms with Gasteiger partial charge in [-0.3, -0.25) is 0 Å². The first kappa shape index (κ1) is 62.0. The lowest BCUT2D eigenvalue weighted by atomic mass is 9.97. The molecule has 0 spiro atoms. The van der Waals surface area contributed by atoms with E-state index in [4.69, 9.17) is 37.9 Å². The van der Waals surface area contributed by atoms with Gasteiger partial charge < -0.3 is 135 Å². The van der Waals surface area contributed by atoms with Crippen molar-refractivity contribution in [3.63, 3.8) is 0 Å². The maximum Gasteiger partial charge on any atom is 0.343 e. The van der Waals surface area contributed by atoms with E-state index in [0.29, 0.717) is 84.9 Å². The molecule has 89 heavy (non-hydrogen) atoms. The van der Waals surface area contributed by atoms with Crippen LogP contribution in [0.2, 0.25) is 0 Å². The molecular weight excluding hydrogens is 1200 g/mol. The van der Waals surface area contributed by atoms with Crippen molar-refractivity contribution in [2.45, 2.75) is 30.7 Å². The SMILES string of the molecule is O=C(OCC1OC(OC(=O)c2cc(O)c(O)c(O)c2)C(OC(=O)c2cc(O)c(O)c(O)c2)C(OC(=O)c2cc(O)c(O)c(O)c2)C1OC(=O)c1cc(O)c(O)c(O)c1)c1cc(OC(=O)c2cc(O)c(O)c(O)c2)c(O)c(OC(=O)c2cc(O)c(O)c(O)c2)c1. The van der Waals surface area contributed by atoms with Crippen molar-refractivity contribution in [3.8, 4) is 121 Å². The van der Waals surface area contributed by atoms with E-state index >= 15 is 0 Å². The zero-order valence-electron chi connectivity index (χ0n) is 43.8. The van der Waals surface area contributed by atoms with Crippen molar-refractivity contribution >= 4 is 41.8 Å². The Hall–Kier alpha value is -13.0. The van der Waals surface area contributed by atoms with E-state index in [1.807, 2.05) is 0 Å². The smallest absolute Gasteiger partial charge is 0.343 e. The number of benzene rings is 7. The Bertz CT molecular complexity index is 3860. The van der Waals surface area contributed by atoms with Crippen LogP contribution in [-0.4, -0.2) is 176 Å². The molecule has 0 bridgehead atoms. The van der Waals surface area contributed by atoms with E-state index in [1.165, 1.54) is 0 Å². The third-order valence-corrected chi connectivity index (χ3v) is 12.4. The Kier molecular flexibility index (Phi) is 16.9. The molecule has 7 aromatic carbocycles. The topological polar surface area (TPSA) is 578 Å². The first-order chi connectivity index (χ1) is 41.8. The number of carbonyl (C=O) groups is 7. The van der Waals surface area contributed by atoms with Gasteiger partial charge in [-0.2, -0.15) is 0 Å². The van der Waals surface area contributed by atoms with Gasteiger partial charge >= 0.3 is 41.8 Å². The molecule has 34 nitrogen and oxygen atoms in total. The van der Waals surface area contributed by atoms with Crippen molar-refractivity contribution in [2.24, 2.45) is 0 Å². The summed E-state index contributed by atoms with van der Waals surface area (Å²) in [6.07, 6.45) is -13.2. The number of hydrogen-bond acceptors (Lipinski definition) is 34. The Morgan fingerprint density at radius 3 is 0.809 bits per heavy atom. The zero-order valence-corrected chi connectivity index (χ0v) is 43.8. The maximum atomic E-state index is 14.4. The molecule has 0 amide bonds. The van der Waals surface area contributed by atoms with Crippen LogP contribution < -0.4 is 9.47 Å². The zero-order chi connectivity index (χ0) is 65.4. The van der Waals surface area contributed by atoms with Gasteiger partial charge in [-0.15, -0.1) is 0 Å². The molecule has 34 heteroatoms. The van der Waals surface area contributed by atoms with E-state index in [9.17, 15) is 131 Å². The van der Waals surface area contributed by atoms with E-state index in [1.54, 1.807) is 0 Å². The fraction of sp³-hybridized carbons (Fsp3) is 0.109. The molecule has 0 aromatic heterocycles. The highest BCUT2D eigenvalue weighted by molar-refractivity contribution is 5.98. The van der Waals surface area contributed by atoms with Gasteiger partial charge in [-0.05, 0) is 84.9 Å². The lowest BCUT2D eigenvalue weighted by Gasteiger charge is -2.43. The van der Waals surface area contributed by atoms with Gasteiger partial charge in [-0.1, -0.05) is 0 Å². The number of ether oxygens (including phenoxy) is 8. The summed E-state index contributed by atoms with van der Waals surface area (Å²) in [7, 11) is 0. The Balaban J connectivity index is 1.27. The Labute approximate surface area is 491 Å². The predicted molar refractivity (Wildman–Crippen MR) is 279 cm³/mol.